The number of esters is 2. The van der Waals surface area contributed by atoms with Crippen molar-refractivity contribution < 1.29 is 24.0 Å². The van der Waals surface area contributed by atoms with Gasteiger partial charge in [0.2, 0.25) is 6.20 Å². The summed E-state index contributed by atoms with van der Waals surface area (Å²) in [6, 6.07) is 0. The number of nitro groups is 1. The number of carbonyl (C=O) groups excluding carboxylic acids is 2. The van der Waals surface area contributed by atoms with Gasteiger partial charge in [-0.25, -0.2) is 0 Å². The van der Waals surface area contributed by atoms with Crippen molar-refractivity contribution in [3.63, 3.8) is 0 Å². The zero-order chi connectivity index (χ0) is 14.9. The summed E-state index contributed by atoms with van der Waals surface area (Å²) in [5, 5.41) is 10.4. The maximum atomic E-state index is 11.8. The molecule has 7 heteroatoms. The van der Waals surface area contributed by atoms with Gasteiger partial charge in [-0.15, -0.1) is 0 Å². The number of hydrogen-bond acceptors (Lipinski definition) is 6. The van der Waals surface area contributed by atoms with E-state index in [1.54, 1.807) is 0 Å². The van der Waals surface area contributed by atoms with Crippen LogP contribution in [0.3, 0.4) is 0 Å². The molecule has 104 valence electrons. The van der Waals surface area contributed by atoms with Gasteiger partial charge < -0.3 is 9.47 Å². The zero-order valence-corrected chi connectivity index (χ0v) is 10.7. The molecular weight excluding hydrogens is 254 g/mol. The van der Waals surface area contributed by atoms with Gasteiger partial charge in [-0.2, -0.15) is 0 Å². The van der Waals surface area contributed by atoms with Crippen LogP contribution in [0.4, 0.5) is 0 Å². The van der Waals surface area contributed by atoms with Crippen LogP contribution >= 0.6 is 0 Å². The Labute approximate surface area is 110 Å². The molecule has 0 heterocycles. The molecule has 0 saturated heterocycles. The van der Waals surface area contributed by atoms with Crippen molar-refractivity contribution >= 4 is 11.9 Å². The molecule has 19 heavy (non-hydrogen) atoms. The van der Waals surface area contributed by atoms with Crippen LogP contribution in [-0.2, 0) is 19.1 Å². The Hall–Kier alpha value is -2.44. The Morgan fingerprint density at radius 1 is 1.32 bits per heavy atom. The highest BCUT2D eigenvalue weighted by Crippen LogP contribution is 2.28. The van der Waals surface area contributed by atoms with Crippen LogP contribution in [-0.4, -0.2) is 31.1 Å². The molecule has 0 unspecified atom stereocenters. The van der Waals surface area contributed by atoms with E-state index in [4.69, 9.17) is 0 Å². The predicted octanol–water partition coefficient (Wildman–Crippen LogP) is 1.24. The lowest BCUT2D eigenvalue weighted by Crippen LogP contribution is -2.39. The fourth-order valence-corrected chi connectivity index (χ4v) is 1.36. The van der Waals surface area contributed by atoms with E-state index in [-0.39, 0.29) is 6.42 Å². The second-order valence-electron chi connectivity index (χ2n) is 3.42. The molecule has 0 fully saturated rings. The number of methoxy groups -OCH3 is 2. The molecule has 0 aliphatic rings. The standard InChI is InChI=1S/C12H15NO6/c1-4-5-6-7-12(10(14)18-2,11(15)19-3)8-9-13(16)17/h4-6,8-9H,1,7H2,2-3H3/b6-5-,9-8+. The summed E-state index contributed by atoms with van der Waals surface area (Å²) < 4.78 is 9.06. The van der Waals surface area contributed by atoms with E-state index >= 15 is 0 Å². The molecule has 7 nitrogen and oxygen atoms in total. The van der Waals surface area contributed by atoms with E-state index in [0.717, 1.165) is 20.3 Å². The Morgan fingerprint density at radius 2 is 1.84 bits per heavy atom. The lowest BCUT2D eigenvalue weighted by Gasteiger charge is -2.22. The monoisotopic (exact) mass is 269 g/mol. The second kappa shape index (κ2) is 7.80. The van der Waals surface area contributed by atoms with Crippen LogP contribution in [0.5, 0.6) is 0 Å². The third-order valence-electron chi connectivity index (χ3n) is 2.29. The van der Waals surface area contributed by atoms with E-state index in [1.807, 2.05) is 0 Å². The van der Waals surface area contributed by atoms with Crippen molar-refractivity contribution in [1.29, 1.82) is 0 Å². The van der Waals surface area contributed by atoms with Gasteiger partial charge in [-0.05, 0) is 6.42 Å². The molecule has 0 aromatic heterocycles. The number of rotatable bonds is 7. The molecule has 0 saturated carbocycles. The number of allylic oxidation sites excluding steroid dienone is 3. The largest absolute Gasteiger partial charge is 0.468 e. The molecule has 0 atom stereocenters. The molecule has 0 spiro atoms. The van der Waals surface area contributed by atoms with Crippen LogP contribution in [0.1, 0.15) is 6.42 Å². The van der Waals surface area contributed by atoms with Crippen LogP contribution in [0.15, 0.2) is 37.1 Å². The lowest BCUT2D eigenvalue weighted by molar-refractivity contribution is -0.403. The van der Waals surface area contributed by atoms with E-state index < -0.39 is 22.3 Å². The van der Waals surface area contributed by atoms with Crippen molar-refractivity contribution in [1.82, 2.24) is 0 Å². The van der Waals surface area contributed by atoms with Crippen molar-refractivity contribution in [3.05, 3.63) is 47.2 Å². The highest BCUT2D eigenvalue weighted by molar-refractivity contribution is 6.02. The van der Waals surface area contributed by atoms with Crippen molar-refractivity contribution in [2.24, 2.45) is 5.41 Å². The second-order valence-corrected chi connectivity index (χ2v) is 3.42. The van der Waals surface area contributed by atoms with E-state index in [9.17, 15) is 19.7 Å². The smallest absolute Gasteiger partial charge is 0.327 e. The molecule has 0 bridgehead atoms. The Morgan fingerprint density at radius 3 is 2.21 bits per heavy atom. The summed E-state index contributed by atoms with van der Waals surface area (Å²) in [7, 11) is 2.16. The fourth-order valence-electron chi connectivity index (χ4n) is 1.36. The minimum Gasteiger partial charge on any atom is -0.468 e. The van der Waals surface area contributed by atoms with Gasteiger partial charge in [0.25, 0.3) is 0 Å². The molecule has 0 aromatic carbocycles. The number of nitrogens with zero attached hydrogens (tertiary/aromatic N) is 1. The maximum Gasteiger partial charge on any atom is 0.327 e. The summed E-state index contributed by atoms with van der Waals surface area (Å²) in [4.78, 5) is 33.2. The van der Waals surface area contributed by atoms with Crippen LogP contribution in [0.2, 0.25) is 0 Å². The first-order valence-corrected chi connectivity index (χ1v) is 5.22. The average molecular weight is 269 g/mol. The van der Waals surface area contributed by atoms with Crippen molar-refractivity contribution in [2.45, 2.75) is 6.42 Å². The highest BCUT2D eigenvalue weighted by atomic mass is 16.6. The van der Waals surface area contributed by atoms with Crippen LogP contribution < -0.4 is 0 Å². The number of carbonyl (C=O) groups is 2. The average Bonchev–Trinajstić information content (AvgIpc) is 2.40. The van der Waals surface area contributed by atoms with Crippen LogP contribution in [0, 0.1) is 15.5 Å². The summed E-state index contributed by atoms with van der Waals surface area (Å²) in [5.74, 6) is -1.88. The van der Waals surface area contributed by atoms with Gasteiger partial charge >= 0.3 is 11.9 Å². The fraction of sp³-hybridized carbons (Fsp3) is 0.333. The van der Waals surface area contributed by atoms with Crippen molar-refractivity contribution in [2.75, 3.05) is 14.2 Å². The van der Waals surface area contributed by atoms with E-state index in [2.05, 4.69) is 16.1 Å². The van der Waals surface area contributed by atoms with Gasteiger partial charge in [0.15, 0.2) is 5.41 Å². The maximum absolute atomic E-state index is 11.8. The minimum atomic E-state index is -1.88. The van der Waals surface area contributed by atoms with Crippen LogP contribution in [0.25, 0.3) is 0 Å². The summed E-state index contributed by atoms with van der Waals surface area (Å²) in [5.41, 5.74) is -1.88. The van der Waals surface area contributed by atoms with Gasteiger partial charge in [0.05, 0.1) is 19.1 Å². The summed E-state index contributed by atoms with van der Waals surface area (Å²) >= 11 is 0. The summed E-state index contributed by atoms with van der Waals surface area (Å²) in [6.45, 7) is 3.44. The molecule has 0 N–H and O–H groups in total. The molecule has 0 aliphatic carbocycles. The Bertz CT molecular complexity index is 408. The van der Waals surface area contributed by atoms with Gasteiger partial charge in [-0.1, -0.05) is 24.8 Å². The normalized spacial score (nSPS) is 11.5. The summed E-state index contributed by atoms with van der Waals surface area (Å²) in [6.07, 6.45) is 5.64. The Balaban J connectivity index is 5.63. The lowest BCUT2D eigenvalue weighted by atomic mass is 9.84. The predicted molar refractivity (Wildman–Crippen MR) is 66.6 cm³/mol. The molecule has 0 aliphatic heterocycles. The third kappa shape index (κ3) is 4.38. The SMILES string of the molecule is C=C/C=C\CC(/C=C/[N+](=O)[O-])(C(=O)OC)C(=O)OC. The van der Waals surface area contributed by atoms with Crippen molar-refractivity contribution in [3.8, 4) is 0 Å². The molecule has 0 aromatic rings. The third-order valence-corrected chi connectivity index (χ3v) is 2.29. The minimum absolute atomic E-state index is 0.136. The first-order chi connectivity index (χ1) is 8.94. The first kappa shape index (κ1) is 16.6. The Kier molecular flexibility index (Phi) is 6.80. The molecule has 0 radical (unpaired) electrons. The molecule has 0 rings (SSSR count). The highest BCUT2D eigenvalue weighted by Gasteiger charge is 2.46. The first-order valence-electron chi connectivity index (χ1n) is 5.22. The topological polar surface area (TPSA) is 95.7 Å². The van der Waals surface area contributed by atoms with Gasteiger partial charge in [-0.3, -0.25) is 19.7 Å². The van der Waals surface area contributed by atoms with Gasteiger partial charge in [0, 0.05) is 6.08 Å². The number of ether oxygens (including phenoxy) is 2. The number of hydrogen-bond donors (Lipinski definition) is 0. The van der Waals surface area contributed by atoms with Gasteiger partial charge in [0.1, 0.15) is 0 Å². The molecule has 0 amide bonds. The van der Waals surface area contributed by atoms with E-state index in [1.165, 1.54) is 18.2 Å². The van der Waals surface area contributed by atoms with E-state index in [0.29, 0.717) is 6.20 Å². The zero-order valence-electron chi connectivity index (χ0n) is 10.7. The quantitative estimate of drug-likeness (QED) is 0.227. The molecular formula is C12H15NO6.